The third kappa shape index (κ3) is 6.05. The van der Waals surface area contributed by atoms with Gasteiger partial charge in [0.2, 0.25) is 5.91 Å². The predicted octanol–water partition coefficient (Wildman–Crippen LogP) is 2.17. The van der Waals surface area contributed by atoms with Crippen LogP contribution in [0.5, 0.6) is 0 Å². The molecule has 0 aromatic carbocycles. The summed E-state index contributed by atoms with van der Waals surface area (Å²) in [6.07, 6.45) is 4.07. The van der Waals surface area contributed by atoms with Crippen molar-refractivity contribution in [3.63, 3.8) is 0 Å². The Morgan fingerprint density at radius 3 is 2.33 bits per heavy atom. The first-order valence-corrected chi connectivity index (χ1v) is 5.45. The highest BCUT2D eigenvalue weighted by Crippen LogP contribution is 2.03. The molecule has 0 aliphatic rings. The molecule has 0 radical (unpaired) electrons. The first kappa shape index (κ1) is 13.9. The van der Waals surface area contributed by atoms with Crippen LogP contribution >= 0.6 is 0 Å². The van der Waals surface area contributed by atoms with E-state index in [1.807, 2.05) is 6.92 Å². The molecule has 86 valence electrons. The van der Waals surface area contributed by atoms with Gasteiger partial charge in [0.05, 0.1) is 6.54 Å². The summed E-state index contributed by atoms with van der Waals surface area (Å²) in [4.78, 5) is 24.2. The van der Waals surface area contributed by atoms with E-state index in [2.05, 4.69) is 6.92 Å². The summed E-state index contributed by atoms with van der Waals surface area (Å²) in [7, 11) is 1.66. The zero-order valence-corrected chi connectivity index (χ0v) is 10.2. The third-order valence-corrected chi connectivity index (χ3v) is 2.20. The van der Waals surface area contributed by atoms with Crippen molar-refractivity contribution in [2.24, 2.45) is 0 Å². The molecule has 0 fully saturated rings. The van der Waals surface area contributed by atoms with Gasteiger partial charge in [-0.3, -0.25) is 9.59 Å². The minimum atomic E-state index is -0.0808. The second-order valence-electron chi connectivity index (χ2n) is 3.83. The van der Waals surface area contributed by atoms with Crippen molar-refractivity contribution in [2.45, 2.75) is 40.0 Å². The molecule has 3 heteroatoms. The molecule has 3 nitrogen and oxygen atoms in total. The SMILES string of the molecule is CCC/C(C)=C/C(=O)N(C)CC(=O)CC. The van der Waals surface area contributed by atoms with E-state index in [1.165, 1.54) is 4.90 Å². The van der Waals surface area contributed by atoms with Crippen molar-refractivity contribution in [1.82, 2.24) is 4.90 Å². The lowest BCUT2D eigenvalue weighted by Crippen LogP contribution is -2.30. The predicted molar refractivity (Wildman–Crippen MR) is 61.6 cm³/mol. The molecule has 0 saturated carbocycles. The van der Waals surface area contributed by atoms with Gasteiger partial charge in [0.15, 0.2) is 5.78 Å². The van der Waals surface area contributed by atoms with E-state index in [9.17, 15) is 9.59 Å². The maximum atomic E-state index is 11.6. The van der Waals surface area contributed by atoms with Crippen LogP contribution in [-0.2, 0) is 9.59 Å². The van der Waals surface area contributed by atoms with Crippen molar-refractivity contribution in [2.75, 3.05) is 13.6 Å². The highest BCUT2D eigenvalue weighted by Gasteiger charge is 2.09. The van der Waals surface area contributed by atoms with Crippen LogP contribution < -0.4 is 0 Å². The number of likely N-dealkylation sites (N-methyl/N-ethyl adjacent to an activating group) is 1. The van der Waals surface area contributed by atoms with Crippen LogP contribution in [0.3, 0.4) is 0 Å². The number of amides is 1. The molecule has 0 spiro atoms. The van der Waals surface area contributed by atoms with Gasteiger partial charge in [-0.2, -0.15) is 0 Å². The molecule has 0 aliphatic carbocycles. The summed E-state index contributed by atoms with van der Waals surface area (Å²) >= 11 is 0. The minimum absolute atomic E-state index is 0.0808. The maximum absolute atomic E-state index is 11.6. The lowest BCUT2D eigenvalue weighted by Gasteiger charge is -2.14. The van der Waals surface area contributed by atoms with Gasteiger partial charge in [0.25, 0.3) is 0 Å². The first-order valence-electron chi connectivity index (χ1n) is 5.45. The second-order valence-corrected chi connectivity index (χ2v) is 3.83. The van der Waals surface area contributed by atoms with E-state index in [0.717, 1.165) is 18.4 Å². The van der Waals surface area contributed by atoms with Gasteiger partial charge >= 0.3 is 0 Å². The maximum Gasteiger partial charge on any atom is 0.246 e. The third-order valence-electron chi connectivity index (χ3n) is 2.20. The number of nitrogens with zero attached hydrogens (tertiary/aromatic N) is 1. The quantitative estimate of drug-likeness (QED) is 0.631. The number of hydrogen-bond acceptors (Lipinski definition) is 2. The number of carbonyl (C=O) groups is 2. The molecule has 0 saturated heterocycles. The van der Waals surface area contributed by atoms with Crippen molar-refractivity contribution < 1.29 is 9.59 Å². The lowest BCUT2D eigenvalue weighted by atomic mass is 10.1. The number of hydrogen-bond donors (Lipinski definition) is 0. The summed E-state index contributed by atoms with van der Waals surface area (Å²) in [5, 5.41) is 0. The molecule has 1 amide bonds. The Hall–Kier alpha value is -1.12. The smallest absolute Gasteiger partial charge is 0.246 e. The van der Waals surface area contributed by atoms with Gasteiger partial charge in [0.1, 0.15) is 0 Å². The first-order chi connectivity index (χ1) is 7.01. The fraction of sp³-hybridized carbons (Fsp3) is 0.667. The van der Waals surface area contributed by atoms with E-state index in [1.54, 1.807) is 20.0 Å². The Morgan fingerprint density at radius 1 is 1.27 bits per heavy atom. The molecule has 0 bridgehead atoms. The van der Waals surface area contributed by atoms with Crippen LogP contribution in [0.4, 0.5) is 0 Å². The zero-order chi connectivity index (χ0) is 11.8. The molecule has 0 unspecified atom stereocenters. The molecule has 0 heterocycles. The Balaban J connectivity index is 4.20. The van der Waals surface area contributed by atoms with Gasteiger partial charge in [-0.1, -0.05) is 25.8 Å². The molecular weight excluding hydrogens is 190 g/mol. The van der Waals surface area contributed by atoms with Gasteiger partial charge in [-0.25, -0.2) is 0 Å². The van der Waals surface area contributed by atoms with Gasteiger partial charge < -0.3 is 4.90 Å². The summed E-state index contributed by atoms with van der Waals surface area (Å²) in [6.45, 7) is 6.03. The summed E-state index contributed by atoms with van der Waals surface area (Å²) < 4.78 is 0. The van der Waals surface area contributed by atoms with Crippen LogP contribution in [-0.4, -0.2) is 30.2 Å². The molecule has 0 N–H and O–H groups in total. The van der Waals surface area contributed by atoms with Crippen LogP contribution in [0.25, 0.3) is 0 Å². The van der Waals surface area contributed by atoms with Crippen LogP contribution in [0.1, 0.15) is 40.0 Å². The zero-order valence-electron chi connectivity index (χ0n) is 10.2. The Kier molecular flexibility index (Phi) is 6.67. The van der Waals surface area contributed by atoms with Crippen molar-refractivity contribution in [1.29, 1.82) is 0 Å². The number of carbonyl (C=O) groups excluding carboxylic acids is 2. The molecular formula is C12H21NO2. The van der Waals surface area contributed by atoms with Crippen LogP contribution in [0.15, 0.2) is 11.6 Å². The van der Waals surface area contributed by atoms with Crippen molar-refractivity contribution >= 4 is 11.7 Å². The molecule has 0 rings (SSSR count). The second kappa shape index (κ2) is 7.21. The fourth-order valence-corrected chi connectivity index (χ4v) is 1.24. The topological polar surface area (TPSA) is 37.4 Å². The van der Waals surface area contributed by atoms with Gasteiger partial charge in [0, 0.05) is 19.5 Å². The number of rotatable bonds is 6. The fourth-order valence-electron chi connectivity index (χ4n) is 1.24. The van der Waals surface area contributed by atoms with E-state index in [4.69, 9.17) is 0 Å². The summed E-state index contributed by atoms with van der Waals surface area (Å²) in [5.74, 6) is 0.00939. The summed E-state index contributed by atoms with van der Waals surface area (Å²) in [6, 6.07) is 0. The normalized spacial score (nSPS) is 11.3. The largest absolute Gasteiger partial charge is 0.335 e. The molecule has 0 aromatic rings. The minimum Gasteiger partial charge on any atom is -0.335 e. The average Bonchev–Trinajstić information content (AvgIpc) is 2.17. The Bertz CT molecular complexity index is 256. The average molecular weight is 211 g/mol. The molecule has 0 atom stereocenters. The molecule has 15 heavy (non-hydrogen) atoms. The molecule has 0 aromatic heterocycles. The van der Waals surface area contributed by atoms with E-state index in [-0.39, 0.29) is 18.2 Å². The van der Waals surface area contributed by atoms with Crippen molar-refractivity contribution in [3.05, 3.63) is 11.6 Å². The van der Waals surface area contributed by atoms with E-state index in [0.29, 0.717) is 6.42 Å². The monoisotopic (exact) mass is 211 g/mol. The summed E-state index contributed by atoms with van der Waals surface area (Å²) in [5.41, 5.74) is 1.07. The molecule has 0 aliphatic heterocycles. The number of Topliss-reactive ketones (excluding diaryl/α,β-unsaturated/α-hetero) is 1. The highest BCUT2D eigenvalue weighted by atomic mass is 16.2. The Morgan fingerprint density at radius 2 is 1.87 bits per heavy atom. The number of ketones is 1. The van der Waals surface area contributed by atoms with Crippen molar-refractivity contribution in [3.8, 4) is 0 Å². The van der Waals surface area contributed by atoms with Gasteiger partial charge in [-0.15, -0.1) is 0 Å². The highest BCUT2D eigenvalue weighted by molar-refractivity contribution is 5.91. The number of allylic oxidation sites excluding steroid dienone is 1. The Labute approximate surface area is 92.1 Å². The lowest BCUT2D eigenvalue weighted by molar-refractivity contribution is -0.130. The van der Waals surface area contributed by atoms with Crippen LogP contribution in [0.2, 0.25) is 0 Å². The standard InChI is InChI=1S/C12H21NO2/c1-5-7-10(3)8-12(15)13(4)9-11(14)6-2/h8H,5-7,9H2,1-4H3/b10-8+. The van der Waals surface area contributed by atoms with E-state index >= 15 is 0 Å². The van der Waals surface area contributed by atoms with Crippen LogP contribution in [0, 0.1) is 0 Å². The van der Waals surface area contributed by atoms with E-state index < -0.39 is 0 Å². The van der Waals surface area contributed by atoms with Gasteiger partial charge in [-0.05, 0) is 13.3 Å².